The number of carbonyl (C=O) groups is 2. The molecular formula is C21H19N3O3. The maximum absolute atomic E-state index is 12.3. The third-order valence-corrected chi connectivity index (χ3v) is 3.75. The summed E-state index contributed by atoms with van der Waals surface area (Å²) in [5.74, 6) is 0.530. The van der Waals surface area contributed by atoms with E-state index in [9.17, 15) is 9.59 Å². The highest BCUT2D eigenvalue weighted by Crippen LogP contribution is 2.29. The first-order valence-electron chi connectivity index (χ1n) is 8.37. The van der Waals surface area contributed by atoms with Crippen LogP contribution in [0.1, 0.15) is 10.4 Å². The fourth-order valence-corrected chi connectivity index (χ4v) is 2.40. The highest BCUT2D eigenvalue weighted by Gasteiger charge is 2.08. The number of anilines is 2. The van der Waals surface area contributed by atoms with E-state index >= 15 is 0 Å². The molecule has 0 radical (unpaired) electrons. The van der Waals surface area contributed by atoms with Crippen LogP contribution in [0.15, 0.2) is 78.9 Å². The quantitative estimate of drug-likeness (QED) is 0.599. The molecule has 27 heavy (non-hydrogen) atoms. The zero-order valence-corrected chi connectivity index (χ0v) is 14.5. The number of carbonyl (C=O) groups excluding carboxylic acids is 2. The first-order valence-corrected chi connectivity index (χ1v) is 8.37. The molecular weight excluding hydrogens is 342 g/mol. The minimum atomic E-state index is -0.491. The van der Waals surface area contributed by atoms with E-state index in [1.807, 2.05) is 42.5 Å². The maximum atomic E-state index is 12.3. The highest BCUT2D eigenvalue weighted by atomic mass is 16.5. The molecule has 0 spiro atoms. The number of hydrogen-bond acceptors (Lipinski definition) is 4. The molecule has 0 saturated heterocycles. The Hall–Kier alpha value is -3.80. The number of nitrogens with one attached hydrogen (secondary N) is 2. The lowest BCUT2D eigenvalue weighted by Gasteiger charge is -2.13. The van der Waals surface area contributed by atoms with Gasteiger partial charge in [0.25, 0.3) is 0 Å². The van der Waals surface area contributed by atoms with Crippen molar-refractivity contribution >= 4 is 23.2 Å². The summed E-state index contributed by atoms with van der Waals surface area (Å²) in [6, 6.07) is 23.2. The second kappa shape index (κ2) is 8.53. The van der Waals surface area contributed by atoms with Crippen molar-refractivity contribution in [3.8, 4) is 11.5 Å². The summed E-state index contributed by atoms with van der Waals surface area (Å²) in [4.78, 5) is 23.3. The van der Waals surface area contributed by atoms with Crippen molar-refractivity contribution in [2.24, 2.45) is 5.73 Å². The molecule has 6 heteroatoms. The van der Waals surface area contributed by atoms with Crippen molar-refractivity contribution in [2.75, 3.05) is 17.2 Å². The molecule has 0 heterocycles. The van der Waals surface area contributed by atoms with Crippen LogP contribution >= 0.6 is 0 Å². The topological polar surface area (TPSA) is 93.5 Å². The van der Waals surface area contributed by atoms with E-state index in [-0.39, 0.29) is 12.5 Å². The number of amides is 2. The van der Waals surface area contributed by atoms with Crippen LogP contribution in [-0.4, -0.2) is 18.4 Å². The van der Waals surface area contributed by atoms with Gasteiger partial charge >= 0.3 is 0 Å². The molecule has 4 N–H and O–H groups in total. The molecule has 0 aliphatic rings. The molecule has 3 aromatic rings. The van der Waals surface area contributed by atoms with Gasteiger partial charge in [0.15, 0.2) is 5.75 Å². The lowest BCUT2D eigenvalue weighted by molar-refractivity contribution is -0.114. The molecule has 0 aliphatic carbocycles. The summed E-state index contributed by atoms with van der Waals surface area (Å²) < 4.78 is 5.83. The molecule has 6 nitrogen and oxygen atoms in total. The number of rotatable bonds is 7. The predicted molar refractivity (Wildman–Crippen MR) is 105 cm³/mol. The summed E-state index contributed by atoms with van der Waals surface area (Å²) in [5, 5.41) is 5.83. The molecule has 0 aliphatic heterocycles. The van der Waals surface area contributed by atoms with Gasteiger partial charge in [0.1, 0.15) is 5.75 Å². The lowest BCUT2D eigenvalue weighted by atomic mass is 10.2. The molecule has 0 fully saturated rings. The van der Waals surface area contributed by atoms with Crippen LogP contribution in [0.4, 0.5) is 11.4 Å². The van der Waals surface area contributed by atoms with E-state index in [1.165, 1.54) is 0 Å². The predicted octanol–water partition coefficient (Wildman–Crippen LogP) is 3.63. The standard InChI is InChI=1S/C21H19N3O3/c22-21(26)15-10-12-16(13-11-15)23-14-20(25)24-18-8-4-5-9-19(18)27-17-6-2-1-3-7-17/h1-13,23H,14H2,(H2,22,26)(H,24,25). The van der Waals surface area contributed by atoms with Gasteiger partial charge in [-0.3, -0.25) is 9.59 Å². The van der Waals surface area contributed by atoms with Crippen molar-refractivity contribution in [3.05, 3.63) is 84.4 Å². The average Bonchev–Trinajstić information content (AvgIpc) is 2.69. The Bertz CT molecular complexity index is 925. The Labute approximate surface area is 157 Å². The summed E-state index contributed by atoms with van der Waals surface area (Å²) in [7, 11) is 0. The Morgan fingerprint density at radius 2 is 1.52 bits per heavy atom. The molecule has 0 saturated carbocycles. The molecule has 3 aromatic carbocycles. The van der Waals surface area contributed by atoms with Gasteiger partial charge in [0.05, 0.1) is 12.2 Å². The number of hydrogen-bond donors (Lipinski definition) is 3. The number of ether oxygens (including phenoxy) is 1. The third-order valence-electron chi connectivity index (χ3n) is 3.75. The highest BCUT2D eigenvalue weighted by molar-refractivity contribution is 5.95. The van der Waals surface area contributed by atoms with Crippen molar-refractivity contribution < 1.29 is 14.3 Å². The second-order valence-electron chi connectivity index (χ2n) is 5.75. The summed E-state index contributed by atoms with van der Waals surface area (Å²) >= 11 is 0. The van der Waals surface area contributed by atoms with Gasteiger partial charge in [-0.2, -0.15) is 0 Å². The molecule has 0 unspecified atom stereocenters. The number of benzene rings is 3. The zero-order chi connectivity index (χ0) is 19.1. The van der Waals surface area contributed by atoms with Gasteiger partial charge < -0.3 is 21.1 Å². The van der Waals surface area contributed by atoms with Gasteiger partial charge in [-0.15, -0.1) is 0 Å². The Morgan fingerprint density at radius 3 is 2.22 bits per heavy atom. The number of para-hydroxylation sites is 3. The molecule has 3 rings (SSSR count). The Morgan fingerprint density at radius 1 is 0.852 bits per heavy atom. The van der Waals surface area contributed by atoms with Crippen molar-refractivity contribution in [3.63, 3.8) is 0 Å². The molecule has 136 valence electrons. The van der Waals surface area contributed by atoms with Crippen LogP contribution in [-0.2, 0) is 4.79 Å². The van der Waals surface area contributed by atoms with Crippen LogP contribution in [0, 0.1) is 0 Å². The van der Waals surface area contributed by atoms with Gasteiger partial charge in [-0.05, 0) is 48.5 Å². The first-order chi connectivity index (χ1) is 13.1. The van der Waals surface area contributed by atoms with E-state index < -0.39 is 5.91 Å². The van der Waals surface area contributed by atoms with Crippen LogP contribution < -0.4 is 21.1 Å². The van der Waals surface area contributed by atoms with Gasteiger partial charge in [-0.1, -0.05) is 30.3 Å². The maximum Gasteiger partial charge on any atom is 0.248 e. The molecule has 0 bridgehead atoms. The van der Waals surface area contributed by atoms with E-state index in [0.717, 1.165) is 0 Å². The minimum absolute atomic E-state index is 0.0651. The van der Waals surface area contributed by atoms with Gasteiger partial charge in [-0.25, -0.2) is 0 Å². The summed E-state index contributed by atoms with van der Waals surface area (Å²) in [6.07, 6.45) is 0. The van der Waals surface area contributed by atoms with E-state index in [1.54, 1.807) is 36.4 Å². The fraction of sp³-hybridized carbons (Fsp3) is 0.0476. The second-order valence-corrected chi connectivity index (χ2v) is 5.75. The summed E-state index contributed by atoms with van der Waals surface area (Å²) in [6.45, 7) is 0.0651. The van der Waals surface area contributed by atoms with Crippen LogP contribution in [0.3, 0.4) is 0 Å². The van der Waals surface area contributed by atoms with Crippen LogP contribution in [0.5, 0.6) is 11.5 Å². The normalized spacial score (nSPS) is 10.1. The van der Waals surface area contributed by atoms with Gasteiger partial charge in [0, 0.05) is 11.3 Å². The lowest BCUT2D eigenvalue weighted by Crippen LogP contribution is -2.22. The molecule has 0 aromatic heterocycles. The average molecular weight is 361 g/mol. The number of primary amides is 1. The SMILES string of the molecule is NC(=O)c1ccc(NCC(=O)Nc2ccccc2Oc2ccccc2)cc1. The van der Waals surface area contributed by atoms with E-state index in [0.29, 0.717) is 28.4 Å². The number of nitrogens with two attached hydrogens (primary N) is 1. The largest absolute Gasteiger partial charge is 0.455 e. The molecule has 0 atom stereocenters. The van der Waals surface area contributed by atoms with Crippen molar-refractivity contribution in [1.82, 2.24) is 0 Å². The Kier molecular flexibility index (Phi) is 5.69. The third kappa shape index (κ3) is 5.09. The van der Waals surface area contributed by atoms with E-state index in [2.05, 4.69) is 10.6 Å². The first kappa shape index (κ1) is 18.0. The van der Waals surface area contributed by atoms with Crippen molar-refractivity contribution in [1.29, 1.82) is 0 Å². The zero-order valence-electron chi connectivity index (χ0n) is 14.5. The monoisotopic (exact) mass is 361 g/mol. The fourth-order valence-electron chi connectivity index (χ4n) is 2.40. The van der Waals surface area contributed by atoms with Crippen LogP contribution in [0.2, 0.25) is 0 Å². The van der Waals surface area contributed by atoms with Gasteiger partial charge in [0.2, 0.25) is 11.8 Å². The van der Waals surface area contributed by atoms with E-state index in [4.69, 9.17) is 10.5 Å². The van der Waals surface area contributed by atoms with Crippen molar-refractivity contribution in [2.45, 2.75) is 0 Å². The Balaban J connectivity index is 1.60. The minimum Gasteiger partial charge on any atom is -0.455 e. The molecule has 2 amide bonds. The smallest absolute Gasteiger partial charge is 0.248 e. The van der Waals surface area contributed by atoms with Crippen LogP contribution in [0.25, 0.3) is 0 Å². The summed E-state index contributed by atoms with van der Waals surface area (Å²) in [5.41, 5.74) is 6.91.